The molecule has 0 unspecified atom stereocenters. The second kappa shape index (κ2) is 8.14. The van der Waals surface area contributed by atoms with Crippen LogP contribution in [0, 0.1) is 5.82 Å². The monoisotopic (exact) mass is 417 g/mol. The van der Waals surface area contributed by atoms with Crippen LogP contribution in [0.2, 0.25) is 5.02 Å². The molecule has 1 atom stereocenters. The molecule has 1 saturated carbocycles. The van der Waals surface area contributed by atoms with Gasteiger partial charge in [0.25, 0.3) is 5.91 Å². The Morgan fingerprint density at radius 1 is 1.19 bits per heavy atom. The van der Waals surface area contributed by atoms with Gasteiger partial charge in [0.15, 0.2) is 16.4 Å². The van der Waals surface area contributed by atoms with Gasteiger partial charge in [-0.05, 0) is 37.5 Å². The van der Waals surface area contributed by atoms with Crippen molar-refractivity contribution in [1.29, 1.82) is 0 Å². The molecule has 1 amide bonds. The van der Waals surface area contributed by atoms with Crippen molar-refractivity contribution in [3.63, 3.8) is 0 Å². The molecule has 6 nitrogen and oxygen atoms in total. The molecule has 9 heteroatoms. The lowest BCUT2D eigenvalue weighted by atomic mass is 10.1. The van der Waals surface area contributed by atoms with E-state index in [1.54, 1.807) is 4.90 Å². The number of carbonyl (C=O) groups is 2. The number of esters is 1. The first-order valence-electron chi connectivity index (χ1n) is 8.90. The Labute approximate surface area is 162 Å². The smallest absolute Gasteiger partial charge is 0.341 e. The van der Waals surface area contributed by atoms with E-state index in [4.69, 9.17) is 16.3 Å². The highest BCUT2D eigenvalue weighted by atomic mass is 35.5. The summed E-state index contributed by atoms with van der Waals surface area (Å²) in [6, 6.07) is 3.06. The minimum Gasteiger partial charge on any atom is -0.452 e. The van der Waals surface area contributed by atoms with Crippen LogP contribution in [0.5, 0.6) is 0 Å². The van der Waals surface area contributed by atoms with Crippen molar-refractivity contribution in [2.24, 2.45) is 0 Å². The van der Waals surface area contributed by atoms with Gasteiger partial charge < -0.3 is 9.64 Å². The average Bonchev–Trinajstić information content (AvgIpc) is 3.25. The van der Waals surface area contributed by atoms with E-state index >= 15 is 0 Å². The predicted octanol–water partition coefficient (Wildman–Crippen LogP) is 2.59. The van der Waals surface area contributed by atoms with Crippen LogP contribution in [0.3, 0.4) is 0 Å². The summed E-state index contributed by atoms with van der Waals surface area (Å²) in [6.45, 7) is -0.558. The van der Waals surface area contributed by atoms with Crippen molar-refractivity contribution in [1.82, 2.24) is 4.90 Å². The second-order valence-corrected chi connectivity index (χ2v) is 9.66. The number of hydrogen-bond acceptors (Lipinski definition) is 5. The van der Waals surface area contributed by atoms with Gasteiger partial charge in [-0.1, -0.05) is 24.4 Å². The highest BCUT2D eigenvalue weighted by Gasteiger charge is 2.39. The van der Waals surface area contributed by atoms with Crippen LogP contribution in [0.4, 0.5) is 4.39 Å². The Morgan fingerprint density at radius 3 is 2.52 bits per heavy atom. The van der Waals surface area contributed by atoms with E-state index in [2.05, 4.69) is 0 Å². The minimum absolute atomic E-state index is 0.0441. The third-order valence-electron chi connectivity index (χ3n) is 5.08. The molecule has 148 valence electrons. The number of halogens is 2. The maximum Gasteiger partial charge on any atom is 0.341 e. The van der Waals surface area contributed by atoms with E-state index in [-0.39, 0.29) is 28.1 Å². The molecular formula is C18H21ClFNO5S. The summed E-state index contributed by atoms with van der Waals surface area (Å²) in [5.74, 6) is -2.21. The molecule has 1 saturated heterocycles. The molecule has 0 radical (unpaired) electrons. The molecule has 2 fully saturated rings. The average molecular weight is 418 g/mol. The first-order valence-corrected chi connectivity index (χ1v) is 11.1. The second-order valence-electron chi connectivity index (χ2n) is 7.00. The fraction of sp³-hybridized carbons (Fsp3) is 0.556. The molecule has 0 N–H and O–H groups in total. The van der Waals surface area contributed by atoms with Gasteiger partial charge in [-0.2, -0.15) is 0 Å². The third-order valence-corrected chi connectivity index (χ3v) is 7.07. The zero-order chi connectivity index (χ0) is 19.6. The standard InChI is InChI=1S/C18H21ClFNO5S/c19-12-5-6-16(20)15(9-12)18(23)26-10-17(22)21(13-3-1-2-4-13)14-7-8-27(24,25)11-14/h5-6,9,13-14H,1-4,7-8,10-11H2/t14-/m1/s1. The molecule has 1 aromatic rings. The van der Waals surface area contributed by atoms with Gasteiger partial charge in [-0.25, -0.2) is 17.6 Å². The fourth-order valence-corrected chi connectivity index (χ4v) is 5.70. The maximum absolute atomic E-state index is 13.8. The summed E-state index contributed by atoms with van der Waals surface area (Å²) in [5.41, 5.74) is -0.342. The molecular weight excluding hydrogens is 397 g/mol. The topological polar surface area (TPSA) is 80.8 Å². The molecule has 3 rings (SSSR count). The summed E-state index contributed by atoms with van der Waals surface area (Å²) in [6.07, 6.45) is 3.95. The van der Waals surface area contributed by atoms with Crippen molar-refractivity contribution in [2.45, 2.75) is 44.2 Å². The molecule has 1 aromatic carbocycles. The van der Waals surface area contributed by atoms with Crippen LogP contribution < -0.4 is 0 Å². The zero-order valence-electron chi connectivity index (χ0n) is 14.7. The lowest BCUT2D eigenvalue weighted by Gasteiger charge is -2.33. The summed E-state index contributed by atoms with van der Waals surface area (Å²) < 4.78 is 42.4. The van der Waals surface area contributed by atoms with Gasteiger partial charge in [-0.15, -0.1) is 0 Å². The molecule has 27 heavy (non-hydrogen) atoms. The van der Waals surface area contributed by atoms with Crippen molar-refractivity contribution < 1.29 is 27.1 Å². The lowest BCUT2D eigenvalue weighted by molar-refractivity contribution is -0.139. The Kier molecular flexibility index (Phi) is 6.05. The predicted molar refractivity (Wildman–Crippen MR) is 97.9 cm³/mol. The largest absolute Gasteiger partial charge is 0.452 e. The van der Waals surface area contributed by atoms with E-state index in [1.165, 1.54) is 6.07 Å². The highest BCUT2D eigenvalue weighted by Crippen LogP contribution is 2.29. The van der Waals surface area contributed by atoms with E-state index in [0.29, 0.717) is 6.42 Å². The highest BCUT2D eigenvalue weighted by molar-refractivity contribution is 7.91. The first kappa shape index (κ1) is 20.1. The SMILES string of the molecule is O=C(OCC(=O)N(C1CCCC1)[C@@H]1CCS(=O)(=O)C1)c1cc(Cl)ccc1F. The first-order chi connectivity index (χ1) is 12.8. The summed E-state index contributed by atoms with van der Waals surface area (Å²) in [4.78, 5) is 26.4. The lowest BCUT2D eigenvalue weighted by Crippen LogP contribution is -2.48. The van der Waals surface area contributed by atoms with Crippen LogP contribution in [0.25, 0.3) is 0 Å². The third kappa shape index (κ3) is 4.79. The Hall–Kier alpha value is -1.67. The summed E-state index contributed by atoms with van der Waals surface area (Å²) in [7, 11) is -3.15. The molecule has 0 bridgehead atoms. The molecule has 1 heterocycles. The number of amides is 1. The van der Waals surface area contributed by atoms with Gasteiger partial charge in [0.1, 0.15) is 5.82 Å². The van der Waals surface area contributed by atoms with Crippen molar-refractivity contribution in [3.8, 4) is 0 Å². The molecule has 0 aromatic heterocycles. The number of sulfone groups is 1. The fourth-order valence-electron chi connectivity index (χ4n) is 3.82. The normalized spacial score (nSPS) is 21.9. The van der Waals surface area contributed by atoms with E-state index in [0.717, 1.165) is 37.8 Å². The molecule has 1 aliphatic heterocycles. The number of carbonyl (C=O) groups excluding carboxylic acids is 2. The zero-order valence-corrected chi connectivity index (χ0v) is 16.3. The van der Waals surface area contributed by atoms with E-state index < -0.39 is 40.2 Å². The van der Waals surface area contributed by atoms with Crippen LogP contribution in [-0.2, 0) is 19.4 Å². The minimum atomic E-state index is -3.15. The summed E-state index contributed by atoms with van der Waals surface area (Å²) in [5, 5.41) is 0.179. The van der Waals surface area contributed by atoms with Gasteiger partial charge in [0.05, 0.1) is 17.1 Å². The van der Waals surface area contributed by atoms with Crippen LogP contribution >= 0.6 is 11.6 Å². The Balaban J connectivity index is 1.69. The van der Waals surface area contributed by atoms with Crippen LogP contribution in [0.1, 0.15) is 42.5 Å². The van der Waals surface area contributed by atoms with E-state index in [9.17, 15) is 22.4 Å². The van der Waals surface area contributed by atoms with Gasteiger partial charge in [0, 0.05) is 17.1 Å². The quantitative estimate of drug-likeness (QED) is 0.688. The van der Waals surface area contributed by atoms with Crippen LogP contribution in [-0.4, -0.2) is 55.4 Å². The van der Waals surface area contributed by atoms with Gasteiger partial charge in [-0.3, -0.25) is 4.79 Å². The number of nitrogens with zero attached hydrogens (tertiary/aromatic N) is 1. The molecule has 2 aliphatic rings. The molecule has 0 spiro atoms. The Bertz CT molecular complexity index is 838. The van der Waals surface area contributed by atoms with Crippen molar-refractivity contribution in [2.75, 3.05) is 18.1 Å². The van der Waals surface area contributed by atoms with Crippen LogP contribution in [0.15, 0.2) is 18.2 Å². The number of benzene rings is 1. The van der Waals surface area contributed by atoms with Gasteiger partial charge >= 0.3 is 5.97 Å². The molecule has 1 aliphatic carbocycles. The summed E-state index contributed by atoms with van der Waals surface area (Å²) >= 11 is 5.77. The van der Waals surface area contributed by atoms with Crippen molar-refractivity contribution >= 4 is 33.3 Å². The van der Waals surface area contributed by atoms with Crippen molar-refractivity contribution in [3.05, 3.63) is 34.6 Å². The maximum atomic E-state index is 13.8. The van der Waals surface area contributed by atoms with E-state index in [1.807, 2.05) is 0 Å². The Morgan fingerprint density at radius 2 is 1.89 bits per heavy atom. The van der Waals surface area contributed by atoms with Gasteiger partial charge in [0.2, 0.25) is 0 Å². The number of hydrogen-bond donors (Lipinski definition) is 0. The number of rotatable bonds is 5. The number of ether oxygens (including phenoxy) is 1.